The maximum absolute atomic E-state index is 12.8. The number of nitrogens with one attached hydrogen (secondary N) is 1. The van der Waals surface area contributed by atoms with Gasteiger partial charge in [0, 0.05) is 5.56 Å². The van der Waals surface area contributed by atoms with E-state index in [-0.39, 0.29) is 5.57 Å². The van der Waals surface area contributed by atoms with Crippen LogP contribution in [0.5, 0.6) is 5.75 Å². The first-order chi connectivity index (χ1) is 14.1. The molecule has 0 radical (unpaired) electrons. The fourth-order valence-corrected chi connectivity index (χ4v) is 3.13. The third kappa shape index (κ3) is 3.89. The molecule has 3 aromatic rings. The van der Waals surface area contributed by atoms with E-state index in [2.05, 4.69) is 5.43 Å². The summed E-state index contributed by atoms with van der Waals surface area (Å²) >= 11 is 0. The number of amides is 2. The Labute approximate surface area is 169 Å². The van der Waals surface area contributed by atoms with Gasteiger partial charge in [-0.15, -0.1) is 0 Å². The van der Waals surface area contributed by atoms with Crippen LogP contribution in [0.1, 0.15) is 16.7 Å². The summed E-state index contributed by atoms with van der Waals surface area (Å²) in [6.07, 6.45) is 1.58. The number of hydrogen-bond donors (Lipinski definition) is 1. The van der Waals surface area contributed by atoms with Crippen molar-refractivity contribution in [3.8, 4) is 5.75 Å². The quantitative estimate of drug-likeness (QED) is 0.534. The molecule has 29 heavy (non-hydrogen) atoms. The van der Waals surface area contributed by atoms with Crippen LogP contribution in [0.15, 0.2) is 84.4 Å². The molecule has 0 saturated carbocycles. The van der Waals surface area contributed by atoms with Gasteiger partial charge >= 0.3 is 0 Å². The minimum Gasteiger partial charge on any atom is -0.488 e. The molecule has 1 saturated heterocycles. The Bertz CT molecular complexity index is 1090. The molecule has 2 amide bonds. The standard InChI is InChI=1S/C24H20N2O3/c1-17-9-5-6-11-19(17)16-29-22-14-8-7-10-18(22)15-21-23(27)25-26(24(21)28)20-12-3-2-4-13-20/h2-15H,16H2,1H3,(H,25,27)/b21-15+. The first-order valence-electron chi connectivity index (χ1n) is 9.32. The van der Waals surface area contributed by atoms with Gasteiger partial charge in [-0.05, 0) is 42.3 Å². The highest BCUT2D eigenvalue weighted by atomic mass is 16.5. The number of para-hydroxylation sites is 2. The minimum atomic E-state index is -0.437. The molecule has 1 aliphatic heterocycles. The molecule has 1 fully saturated rings. The summed E-state index contributed by atoms with van der Waals surface area (Å²) in [7, 11) is 0. The third-order valence-corrected chi connectivity index (χ3v) is 4.77. The van der Waals surface area contributed by atoms with E-state index in [0.29, 0.717) is 23.6 Å². The van der Waals surface area contributed by atoms with Crippen LogP contribution >= 0.6 is 0 Å². The van der Waals surface area contributed by atoms with E-state index >= 15 is 0 Å². The Balaban J connectivity index is 1.59. The van der Waals surface area contributed by atoms with Gasteiger partial charge in [0.1, 0.15) is 17.9 Å². The third-order valence-electron chi connectivity index (χ3n) is 4.77. The second-order valence-electron chi connectivity index (χ2n) is 6.73. The number of nitrogens with zero attached hydrogens (tertiary/aromatic N) is 1. The molecule has 1 N–H and O–H groups in total. The zero-order chi connectivity index (χ0) is 20.2. The molecular weight excluding hydrogens is 364 g/mol. The van der Waals surface area contributed by atoms with Gasteiger partial charge in [0.2, 0.25) is 0 Å². The lowest BCUT2D eigenvalue weighted by Gasteiger charge is -2.14. The summed E-state index contributed by atoms with van der Waals surface area (Å²) in [4.78, 5) is 25.2. The van der Waals surface area contributed by atoms with Crippen molar-refractivity contribution in [2.45, 2.75) is 13.5 Å². The number of hydrazine groups is 1. The Morgan fingerprint density at radius 3 is 2.38 bits per heavy atom. The van der Waals surface area contributed by atoms with E-state index < -0.39 is 11.8 Å². The summed E-state index contributed by atoms with van der Waals surface area (Å²) in [5.74, 6) is -0.218. The van der Waals surface area contributed by atoms with Crippen LogP contribution in [-0.2, 0) is 16.2 Å². The van der Waals surface area contributed by atoms with Crippen LogP contribution in [0.2, 0.25) is 0 Å². The molecule has 3 aromatic carbocycles. The Kier molecular flexibility index (Phi) is 5.12. The number of aryl methyl sites for hydroxylation is 1. The maximum Gasteiger partial charge on any atom is 0.282 e. The molecule has 1 heterocycles. The molecule has 0 unspecified atom stereocenters. The van der Waals surface area contributed by atoms with E-state index in [4.69, 9.17) is 4.74 Å². The van der Waals surface area contributed by atoms with E-state index in [0.717, 1.165) is 11.1 Å². The normalized spacial score (nSPS) is 14.9. The Morgan fingerprint density at radius 2 is 1.59 bits per heavy atom. The average Bonchev–Trinajstić information content (AvgIpc) is 3.03. The first kappa shape index (κ1) is 18.5. The number of carbonyl (C=O) groups is 2. The van der Waals surface area contributed by atoms with Gasteiger partial charge in [0.05, 0.1) is 5.69 Å². The highest BCUT2D eigenvalue weighted by Crippen LogP contribution is 2.26. The highest BCUT2D eigenvalue weighted by molar-refractivity contribution is 6.31. The van der Waals surface area contributed by atoms with E-state index in [1.165, 1.54) is 5.01 Å². The summed E-state index contributed by atoms with van der Waals surface area (Å²) in [6.45, 7) is 2.44. The summed E-state index contributed by atoms with van der Waals surface area (Å²) in [5.41, 5.74) is 6.19. The number of anilines is 1. The molecule has 1 aliphatic rings. The zero-order valence-electron chi connectivity index (χ0n) is 16.0. The van der Waals surface area contributed by atoms with Crippen molar-refractivity contribution in [1.29, 1.82) is 0 Å². The van der Waals surface area contributed by atoms with Gasteiger partial charge in [-0.1, -0.05) is 60.7 Å². The second-order valence-corrected chi connectivity index (χ2v) is 6.73. The molecule has 0 atom stereocenters. The van der Waals surface area contributed by atoms with Gasteiger partial charge in [0.25, 0.3) is 11.8 Å². The van der Waals surface area contributed by atoms with Crippen LogP contribution in [0.25, 0.3) is 6.08 Å². The monoisotopic (exact) mass is 384 g/mol. The lowest BCUT2D eigenvalue weighted by molar-refractivity contribution is -0.117. The summed E-state index contributed by atoms with van der Waals surface area (Å²) in [6, 6.07) is 24.4. The fraction of sp³-hybridized carbons (Fsp3) is 0.0833. The molecule has 144 valence electrons. The topological polar surface area (TPSA) is 58.6 Å². The van der Waals surface area contributed by atoms with Crippen LogP contribution in [0, 0.1) is 6.92 Å². The molecule has 5 heteroatoms. The van der Waals surface area contributed by atoms with Crippen molar-refractivity contribution in [3.63, 3.8) is 0 Å². The van der Waals surface area contributed by atoms with Gasteiger partial charge in [-0.25, -0.2) is 5.01 Å². The van der Waals surface area contributed by atoms with Gasteiger partial charge in [0.15, 0.2) is 0 Å². The van der Waals surface area contributed by atoms with Gasteiger partial charge in [-0.3, -0.25) is 15.0 Å². The minimum absolute atomic E-state index is 0.0702. The predicted molar refractivity (Wildman–Crippen MR) is 112 cm³/mol. The van der Waals surface area contributed by atoms with Crippen LogP contribution in [0.4, 0.5) is 5.69 Å². The van der Waals surface area contributed by atoms with Gasteiger partial charge in [-0.2, -0.15) is 0 Å². The zero-order valence-corrected chi connectivity index (χ0v) is 16.0. The SMILES string of the molecule is Cc1ccccc1COc1ccccc1/C=C1\C(=O)NN(c2ccccc2)C1=O. The largest absolute Gasteiger partial charge is 0.488 e. The summed E-state index contributed by atoms with van der Waals surface area (Å²) < 4.78 is 6.00. The lowest BCUT2D eigenvalue weighted by Crippen LogP contribution is -2.35. The van der Waals surface area contributed by atoms with E-state index in [1.807, 2.05) is 73.7 Å². The van der Waals surface area contributed by atoms with Crippen molar-refractivity contribution >= 4 is 23.6 Å². The molecule has 0 bridgehead atoms. The molecule has 0 aliphatic carbocycles. The van der Waals surface area contributed by atoms with Crippen LogP contribution in [0.3, 0.4) is 0 Å². The van der Waals surface area contributed by atoms with Crippen molar-refractivity contribution in [2.24, 2.45) is 0 Å². The van der Waals surface area contributed by atoms with Crippen LogP contribution < -0.4 is 15.2 Å². The smallest absolute Gasteiger partial charge is 0.282 e. The molecule has 5 nitrogen and oxygen atoms in total. The molecule has 0 spiro atoms. The highest BCUT2D eigenvalue weighted by Gasteiger charge is 2.34. The number of benzene rings is 3. The van der Waals surface area contributed by atoms with Crippen molar-refractivity contribution in [2.75, 3.05) is 5.01 Å². The number of ether oxygens (including phenoxy) is 1. The van der Waals surface area contributed by atoms with Crippen molar-refractivity contribution in [1.82, 2.24) is 5.43 Å². The predicted octanol–water partition coefficient (Wildman–Crippen LogP) is 4.04. The number of hydrogen-bond acceptors (Lipinski definition) is 3. The Morgan fingerprint density at radius 1 is 0.897 bits per heavy atom. The first-order valence-corrected chi connectivity index (χ1v) is 9.32. The van der Waals surface area contributed by atoms with E-state index in [1.54, 1.807) is 18.2 Å². The van der Waals surface area contributed by atoms with Crippen molar-refractivity contribution in [3.05, 3.63) is 101 Å². The maximum atomic E-state index is 12.8. The average molecular weight is 384 g/mol. The number of rotatable bonds is 5. The summed E-state index contributed by atoms with van der Waals surface area (Å²) in [5, 5.41) is 1.25. The van der Waals surface area contributed by atoms with Gasteiger partial charge < -0.3 is 4.74 Å². The Hall–Kier alpha value is -3.86. The molecular formula is C24H20N2O3. The van der Waals surface area contributed by atoms with Crippen LogP contribution in [-0.4, -0.2) is 11.8 Å². The number of carbonyl (C=O) groups excluding carboxylic acids is 2. The van der Waals surface area contributed by atoms with Crippen molar-refractivity contribution < 1.29 is 14.3 Å². The second kappa shape index (κ2) is 8.02. The van der Waals surface area contributed by atoms with E-state index in [9.17, 15) is 9.59 Å². The fourth-order valence-electron chi connectivity index (χ4n) is 3.13. The molecule has 4 rings (SSSR count). The lowest BCUT2D eigenvalue weighted by atomic mass is 10.1. The molecule has 0 aromatic heterocycles.